The van der Waals surface area contributed by atoms with Crippen LogP contribution >= 0.6 is 11.6 Å². The van der Waals surface area contributed by atoms with E-state index in [2.05, 4.69) is 10.6 Å². The topological polar surface area (TPSA) is 105 Å². The highest BCUT2D eigenvalue weighted by Crippen LogP contribution is 2.30. The minimum Gasteiger partial charge on any atom is -0.459 e. The van der Waals surface area contributed by atoms with Crippen LogP contribution in [0.3, 0.4) is 0 Å². The molecule has 0 saturated heterocycles. The molecule has 0 unspecified atom stereocenters. The van der Waals surface area contributed by atoms with Crippen LogP contribution in [-0.4, -0.2) is 29.8 Å². The number of anilines is 3. The molecule has 0 fully saturated rings. The molecule has 36 heavy (non-hydrogen) atoms. The predicted molar refractivity (Wildman–Crippen MR) is 137 cm³/mol. The number of rotatable bonds is 7. The fourth-order valence-corrected chi connectivity index (χ4v) is 3.73. The van der Waals surface area contributed by atoms with Crippen LogP contribution in [0.5, 0.6) is 0 Å². The van der Waals surface area contributed by atoms with Gasteiger partial charge in [0.05, 0.1) is 17.4 Å². The van der Waals surface area contributed by atoms with Crippen LogP contribution in [0.25, 0.3) is 0 Å². The van der Waals surface area contributed by atoms with Gasteiger partial charge in [-0.2, -0.15) is 0 Å². The minimum atomic E-state index is -0.639. The summed E-state index contributed by atoms with van der Waals surface area (Å²) in [5, 5.41) is 5.36. The maximum Gasteiger partial charge on any atom is 0.338 e. The molecule has 1 heterocycles. The molecule has 3 aromatic rings. The first-order valence-corrected chi connectivity index (χ1v) is 11.5. The van der Waals surface area contributed by atoms with Crippen molar-refractivity contribution in [1.29, 1.82) is 0 Å². The normalized spacial score (nSPS) is 13.3. The molecule has 0 atom stereocenters. The van der Waals surface area contributed by atoms with Crippen LogP contribution in [-0.2, 0) is 14.3 Å². The van der Waals surface area contributed by atoms with Crippen molar-refractivity contribution >= 4 is 52.4 Å². The van der Waals surface area contributed by atoms with Crippen molar-refractivity contribution in [3.63, 3.8) is 0 Å². The van der Waals surface area contributed by atoms with Crippen molar-refractivity contribution in [2.75, 3.05) is 15.5 Å². The van der Waals surface area contributed by atoms with Crippen LogP contribution in [0, 0.1) is 0 Å². The number of carbonyl (C=O) groups excluding carboxylic acids is 4. The number of esters is 1. The number of nitrogens with one attached hydrogen (secondary N) is 2. The molecule has 3 amide bonds. The van der Waals surface area contributed by atoms with E-state index < -0.39 is 23.7 Å². The van der Waals surface area contributed by atoms with E-state index in [4.69, 9.17) is 16.3 Å². The van der Waals surface area contributed by atoms with E-state index in [1.54, 1.807) is 80.6 Å². The van der Waals surface area contributed by atoms with Crippen molar-refractivity contribution < 1.29 is 23.9 Å². The zero-order valence-electron chi connectivity index (χ0n) is 19.4. The molecule has 1 aliphatic rings. The molecule has 2 N–H and O–H groups in total. The maximum absolute atomic E-state index is 12.9. The fourth-order valence-electron chi connectivity index (χ4n) is 3.51. The molecule has 0 aliphatic carbocycles. The first kappa shape index (κ1) is 24.7. The number of ether oxygens (including phenoxy) is 1. The molecule has 0 saturated carbocycles. The average Bonchev–Trinajstić information content (AvgIpc) is 3.07. The number of amides is 3. The Bertz CT molecular complexity index is 1380. The summed E-state index contributed by atoms with van der Waals surface area (Å²) in [5.74, 6) is -2.16. The van der Waals surface area contributed by atoms with Crippen LogP contribution in [0.1, 0.15) is 34.6 Å². The standard InChI is InChI=1S/C27H22ClN3O5/c1-16(2)36-27(35)18-9-7-11-20(15-18)30-24(32)17-8-6-10-19(14-17)29-23-22(28)25(33)31(26(23)34)21-12-4-3-5-13-21/h3-16,29H,1-2H3,(H,30,32). The lowest BCUT2D eigenvalue weighted by atomic mass is 10.1. The lowest BCUT2D eigenvalue weighted by molar-refractivity contribution is -0.120. The van der Waals surface area contributed by atoms with E-state index in [0.29, 0.717) is 22.6 Å². The Kier molecular flexibility index (Phi) is 7.17. The van der Waals surface area contributed by atoms with Gasteiger partial charge in [-0.1, -0.05) is 41.9 Å². The number of carbonyl (C=O) groups is 4. The molecule has 8 nitrogen and oxygen atoms in total. The van der Waals surface area contributed by atoms with Gasteiger partial charge in [0.2, 0.25) is 0 Å². The summed E-state index contributed by atoms with van der Waals surface area (Å²) in [5.41, 5.74) is 1.71. The summed E-state index contributed by atoms with van der Waals surface area (Å²) in [6.07, 6.45) is -0.267. The molecule has 0 aromatic heterocycles. The van der Waals surface area contributed by atoms with Crippen LogP contribution < -0.4 is 15.5 Å². The van der Waals surface area contributed by atoms with Crippen LogP contribution in [0.2, 0.25) is 0 Å². The van der Waals surface area contributed by atoms with Gasteiger partial charge >= 0.3 is 5.97 Å². The van der Waals surface area contributed by atoms with Gasteiger partial charge in [0.1, 0.15) is 10.7 Å². The zero-order chi connectivity index (χ0) is 25.8. The van der Waals surface area contributed by atoms with Crippen molar-refractivity contribution in [1.82, 2.24) is 0 Å². The first-order chi connectivity index (χ1) is 17.2. The highest BCUT2D eigenvalue weighted by molar-refractivity contribution is 6.53. The molecule has 3 aromatic carbocycles. The maximum atomic E-state index is 12.9. The van der Waals surface area contributed by atoms with Crippen molar-refractivity contribution in [3.8, 4) is 0 Å². The number of imide groups is 1. The summed E-state index contributed by atoms with van der Waals surface area (Å²) in [7, 11) is 0. The van der Waals surface area contributed by atoms with Gasteiger partial charge in [-0.05, 0) is 62.4 Å². The zero-order valence-corrected chi connectivity index (χ0v) is 20.2. The molecule has 182 valence electrons. The quantitative estimate of drug-likeness (QED) is 0.349. The number of para-hydroxylation sites is 1. The molecule has 1 aliphatic heterocycles. The summed E-state index contributed by atoms with van der Waals surface area (Å²) in [6.45, 7) is 3.50. The van der Waals surface area contributed by atoms with Gasteiger partial charge in [0.15, 0.2) is 0 Å². The second-order valence-electron chi connectivity index (χ2n) is 8.17. The molecule has 4 rings (SSSR count). The Morgan fingerprint density at radius 3 is 2.17 bits per heavy atom. The van der Waals surface area contributed by atoms with E-state index in [0.717, 1.165) is 4.90 Å². The highest BCUT2D eigenvalue weighted by Gasteiger charge is 2.38. The number of hydrogen-bond donors (Lipinski definition) is 2. The molecule has 9 heteroatoms. The van der Waals surface area contributed by atoms with Crippen molar-refractivity contribution in [2.45, 2.75) is 20.0 Å². The third-order valence-electron chi connectivity index (χ3n) is 5.13. The summed E-state index contributed by atoms with van der Waals surface area (Å²) in [6, 6.07) is 21.2. The average molecular weight is 504 g/mol. The van der Waals surface area contributed by atoms with Gasteiger partial charge in [-0.3, -0.25) is 14.4 Å². The Morgan fingerprint density at radius 1 is 0.833 bits per heavy atom. The number of nitrogens with zero attached hydrogens (tertiary/aromatic N) is 1. The largest absolute Gasteiger partial charge is 0.459 e. The highest BCUT2D eigenvalue weighted by atomic mass is 35.5. The van der Waals surface area contributed by atoms with Crippen molar-refractivity contribution in [2.24, 2.45) is 0 Å². The number of halogens is 1. The third-order valence-corrected chi connectivity index (χ3v) is 5.49. The first-order valence-electron chi connectivity index (χ1n) is 11.1. The minimum absolute atomic E-state index is 0.0838. The lowest BCUT2D eigenvalue weighted by Crippen LogP contribution is -2.32. The van der Waals surface area contributed by atoms with E-state index in [9.17, 15) is 19.2 Å². The van der Waals surface area contributed by atoms with Crippen LogP contribution in [0.4, 0.5) is 17.1 Å². The Balaban J connectivity index is 1.49. The van der Waals surface area contributed by atoms with Gasteiger partial charge in [-0.25, -0.2) is 9.69 Å². The van der Waals surface area contributed by atoms with Crippen LogP contribution in [0.15, 0.2) is 89.6 Å². The monoisotopic (exact) mass is 503 g/mol. The number of hydrogen-bond acceptors (Lipinski definition) is 6. The van der Waals surface area contributed by atoms with Gasteiger partial charge in [0.25, 0.3) is 17.7 Å². The molecule has 0 spiro atoms. The van der Waals surface area contributed by atoms with Gasteiger partial charge < -0.3 is 15.4 Å². The Hall–Kier alpha value is -4.43. The predicted octanol–water partition coefficient (Wildman–Crippen LogP) is 4.94. The fraction of sp³-hybridized carbons (Fsp3) is 0.111. The van der Waals surface area contributed by atoms with E-state index in [-0.39, 0.29) is 22.4 Å². The lowest BCUT2D eigenvalue weighted by Gasteiger charge is -2.15. The molecule has 0 radical (unpaired) electrons. The van der Waals surface area contributed by atoms with E-state index in [1.165, 1.54) is 12.1 Å². The summed E-state index contributed by atoms with van der Waals surface area (Å²) in [4.78, 5) is 51.5. The molecule has 0 bridgehead atoms. The SMILES string of the molecule is CC(C)OC(=O)c1cccc(NC(=O)c2cccc(NC3=C(Cl)C(=O)N(c4ccccc4)C3=O)c2)c1. The smallest absolute Gasteiger partial charge is 0.338 e. The van der Waals surface area contributed by atoms with Gasteiger partial charge in [-0.15, -0.1) is 0 Å². The Labute approximate surface area is 212 Å². The Morgan fingerprint density at radius 2 is 1.47 bits per heavy atom. The van der Waals surface area contributed by atoms with Crippen molar-refractivity contribution in [3.05, 3.63) is 101 Å². The second kappa shape index (κ2) is 10.5. The second-order valence-corrected chi connectivity index (χ2v) is 8.54. The van der Waals surface area contributed by atoms with Gasteiger partial charge in [0, 0.05) is 16.9 Å². The molecular weight excluding hydrogens is 482 g/mol. The van der Waals surface area contributed by atoms with E-state index >= 15 is 0 Å². The van der Waals surface area contributed by atoms with E-state index in [1.807, 2.05) is 0 Å². The summed E-state index contributed by atoms with van der Waals surface area (Å²) < 4.78 is 5.19. The number of benzene rings is 3. The summed E-state index contributed by atoms with van der Waals surface area (Å²) >= 11 is 6.19. The molecular formula is C27H22ClN3O5. The third kappa shape index (κ3) is 5.29.